The van der Waals surface area contributed by atoms with E-state index in [2.05, 4.69) is 0 Å². The van der Waals surface area contributed by atoms with Crippen LogP contribution in [-0.4, -0.2) is 12.2 Å². The lowest BCUT2D eigenvalue weighted by atomic mass is 10.2. The summed E-state index contributed by atoms with van der Waals surface area (Å²) in [5, 5.41) is 0.105. The first kappa shape index (κ1) is 10.1. The summed E-state index contributed by atoms with van der Waals surface area (Å²) in [5.74, 6) is 0.824. The van der Waals surface area contributed by atoms with Crippen molar-refractivity contribution in [2.45, 2.75) is 18.7 Å². The monoisotopic (exact) mass is 196 g/mol. The van der Waals surface area contributed by atoms with Crippen LogP contribution in [0.25, 0.3) is 0 Å². The van der Waals surface area contributed by atoms with Crippen molar-refractivity contribution >= 4 is 16.9 Å². The van der Waals surface area contributed by atoms with Gasteiger partial charge in [0.2, 0.25) is 0 Å². The van der Waals surface area contributed by atoms with Gasteiger partial charge in [0.05, 0.1) is 7.11 Å². The lowest BCUT2D eigenvalue weighted by molar-refractivity contribution is -0.109. The molecule has 0 saturated heterocycles. The molecule has 0 aliphatic carbocycles. The van der Waals surface area contributed by atoms with Gasteiger partial charge in [-0.2, -0.15) is 0 Å². The summed E-state index contributed by atoms with van der Waals surface area (Å²) < 4.78 is 5.06. The summed E-state index contributed by atoms with van der Waals surface area (Å²) in [6.45, 7) is 3.53. The van der Waals surface area contributed by atoms with E-state index in [1.807, 2.05) is 25.1 Å². The molecule has 1 aromatic carbocycles. The van der Waals surface area contributed by atoms with Gasteiger partial charge in [-0.15, -0.1) is 0 Å². The Balaban J connectivity index is 2.91. The highest BCUT2D eigenvalue weighted by atomic mass is 32.2. The Morgan fingerprint density at radius 2 is 2.15 bits per heavy atom. The Labute approximate surface area is 82.3 Å². The van der Waals surface area contributed by atoms with Gasteiger partial charge in [0.25, 0.3) is 0 Å². The van der Waals surface area contributed by atoms with Crippen LogP contribution in [-0.2, 0) is 4.79 Å². The van der Waals surface area contributed by atoms with Crippen molar-refractivity contribution in [3.05, 3.63) is 23.8 Å². The number of methoxy groups -OCH3 is 1. The number of benzene rings is 1. The molecule has 1 aromatic rings. The fourth-order valence-electron chi connectivity index (χ4n) is 1.02. The highest BCUT2D eigenvalue weighted by Gasteiger charge is 2.03. The molecule has 3 heteroatoms. The molecular formula is C10H12O2S. The molecule has 0 fully saturated rings. The van der Waals surface area contributed by atoms with E-state index in [9.17, 15) is 4.79 Å². The molecule has 0 saturated carbocycles. The average Bonchev–Trinajstić information content (AvgIpc) is 2.08. The number of hydrogen-bond acceptors (Lipinski definition) is 3. The van der Waals surface area contributed by atoms with Gasteiger partial charge in [-0.05, 0) is 30.7 Å². The lowest BCUT2D eigenvalue weighted by Gasteiger charge is -2.05. The van der Waals surface area contributed by atoms with Gasteiger partial charge >= 0.3 is 0 Å². The summed E-state index contributed by atoms with van der Waals surface area (Å²) in [6.07, 6.45) is 0. The van der Waals surface area contributed by atoms with Crippen molar-refractivity contribution in [1.82, 2.24) is 0 Å². The largest absolute Gasteiger partial charge is 0.497 e. The zero-order valence-corrected chi connectivity index (χ0v) is 8.77. The standard InChI is InChI=1S/C10H12O2S/c1-7-6-9(12-3)4-5-10(7)13-8(2)11/h4-6H,1-3H3. The minimum Gasteiger partial charge on any atom is -0.497 e. The Morgan fingerprint density at radius 1 is 1.46 bits per heavy atom. The predicted molar refractivity (Wildman–Crippen MR) is 54.3 cm³/mol. The number of hydrogen-bond donors (Lipinski definition) is 0. The molecule has 13 heavy (non-hydrogen) atoms. The molecule has 0 aliphatic rings. The van der Waals surface area contributed by atoms with Gasteiger partial charge in [0, 0.05) is 11.8 Å². The third-order valence-electron chi connectivity index (χ3n) is 1.64. The second-order valence-corrected chi connectivity index (χ2v) is 3.94. The molecule has 0 amide bonds. The lowest BCUT2D eigenvalue weighted by Crippen LogP contribution is -1.87. The van der Waals surface area contributed by atoms with Crippen molar-refractivity contribution in [2.24, 2.45) is 0 Å². The number of carbonyl (C=O) groups is 1. The molecule has 0 radical (unpaired) electrons. The SMILES string of the molecule is COc1ccc(SC(C)=O)c(C)c1. The van der Waals surface area contributed by atoms with Gasteiger partial charge in [0.15, 0.2) is 5.12 Å². The van der Waals surface area contributed by atoms with Gasteiger partial charge in [-0.3, -0.25) is 4.79 Å². The fraction of sp³-hybridized carbons (Fsp3) is 0.300. The van der Waals surface area contributed by atoms with Gasteiger partial charge in [-0.1, -0.05) is 11.8 Å². The highest BCUT2D eigenvalue weighted by molar-refractivity contribution is 8.13. The van der Waals surface area contributed by atoms with E-state index in [0.717, 1.165) is 16.2 Å². The Bertz CT molecular complexity index is 321. The van der Waals surface area contributed by atoms with Crippen LogP contribution in [0.5, 0.6) is 5.75 Å². The van der Waals surface area contributed by atoms with Gasteiger partial charge < -0.3 is 4.74 Å². The molecular weight excluding hydrogens is 184 g/mol. The zero-order valence-electron chi connectivity index (χ0n) is 7.96. The van der Waals surface area contributed by atoms with Gasteiger partial charge in [0.1, 0.15) is 5.75 Å². The van der Waals surface area contributed by atoms with Crippen LogP contribution in [0.4, 0.5) is 0 Å². The third-order valence-corrected chi connectivity index (χ3v) is 2.60. The second-order valence-electron chi connectivity index (χ2n) is 2.73. The normalized spacial score (nSPS) is 9.77. The first-order valence-electron chi connectivity index (χ1n) is 3.96. The zero-order chi connectivity index (χ0) is 9.84. The highest BCUT2D eigenvalue weighted by Crippen LogP contribution is 2.26. The Hall–Kier alpha value is -0.960. The van der Waals surface area contributed by atoms with Crippen LogP contribution in [0.2, 0.25) is 0 Å². The van der Waals surface area contributed by atoms with E-state index in [1.54, 1.807) is 14.0 Å². The number of ether oxygens (including phenoxy) is 1. The van der Waals surface area contributed by atoms with Crippen molar-refractivity contribution in [2.75, 3.05) is 7.11 Å². The summed E-state index contributed by atoms with van der Waals surface area (Å²) in [6, 6.07) is 5.68. The molecule has 0 aliphatic heterocycles. The number of rotatable bonds is 2. The Kier molecular flexibility index (Phi) is 3.37. The molecule has 0 bridgehead atoms. The van der Waals surface area contributed by atoms with Crippen LogP contribution in [0.3, 0.4) is 0 Å². The van der Waals surface area contributed by atoms with Crippen LogP contribution < -0.4 is 4.74 Å². The number of thioether (sulfide) groups is 1. The molecule has 0 N–H and O–H groups in total. The third kappa shape index (κ3) is 2.77. The number of aryl methyl sites for hydroxylation is 1. The molecule has 0 spiro atoms. The maximum absolute atomic E-state index is 10.9. The van der Waals surface area contributed by atoms with E-state index in [-0.39, 0.29) is 5.12 Å². The maximum Gasteiger partial charge on any atom is 0.190 e. The smallest absolute Gasteiger partial charge is 0.190 e. The molecule has 2 nitrogen and oxygen atoms in total. The second kappa shape index (κ2) is 4.33. The molecule has 0 heterocycles. The molecule has 70 valence electrons. The maximum atomic E-state index is 10.9. The van der Waals surface area contributed by atoms with Crippen LogP contribution in [0.1, 0.15) is 12.5 Å². The van der Waals surface area contributed by atoms with E-state index in [0.29, 0.717) is 0 Å². The van der Waals surface area contributed by atoms with E-state index < -0.39 is 0 Å². The van der Waals surface area contributed by atoms with Crippen molar-refractivity contribution < 1.29 is 9.53 Å². The minimum atomic E-state index is 0.105. The van der Waals surface area contributed by atoms with Crippen molar-refractivity contribution in [1.29, 1.82) is 0 Å². The summed E-state index contributed by atoms with van der Waals surface area (Å²) in [5.41, 5.74) is 1.07. The predicted octanol–water partition coefficient (Wildman–Crippen LogP) is 2.64. The van der Waals surface area contributed by atoms with E-state index in [1.165, 1.54) is 11.8 Å². The van der Waals surface area contributed by atoms with Crippen molar-refractivity contribution in [3.8, 4) is 5.75 Å². The quantitative estimate of drug-likeness (QED) is 0.680. The summed E-state index contributed by atoms with van der Waals surface area (Å²) in [7, 11) is 1.63. The Morgan fingerprint density at radius 3 is 2.62 bits per heavy atom. The van der Waals surface area contributed by atoms with Gasteiger partial charge in [-0.25, -0.2) is 0 Å². The minimum absolute atomic E-state index is 0.105. The first-order valence-corrected chi connectivity index (χ1v) is 4.78. The van der Waals surface area contributed by atoms with E-state index >= 15 is 0 Å². The fourth-order valence-corrected chi connectivity index (χ4v) is 1.68. The van der Waals surface area contributed by atoms with Crippen LogP contribution >= 0.6 is 11.8 Å². The van der Waals surface area contributed by atoms with E-state index in [4.69, 9.17) is 4.74 Å². The molecule has 0 aromatic heterocycles. The molecule has 0 unspecified atom stereocenters. The van der Waals surface area contributed by atoms with Crippen LogP contribution in [0, 0.1) is 6.92 Å². The first-order chi connectivity index (χ1) is 6.13. The molecule has 1 rings (SSSR count). The average molecular weight is 196 g/mol. The molecule has 0 atom stereocenters. The van der Waals surface area contributed by atoms with Crippen molar-refractivity contribution in [3.63, 3.8) is 0 Å². The summed E-state index contributed by atoms with van der Waals surface area (Å²) in [4.78, 5) is 11.8. The topological polar surface area (TPSA) is 26.3 Å². The number of carbonyl (C=O) groups excluding carboxylic acids is 1. The van der Waals surface area contributed by atoms with Crippen LogP contribution in [0.15, 0.2) is 23.1 Å². The summed E-state index contributed by atoms with van der Waals surface area (Å²) >= 11 is 1.25.